The number of carbonyl (C=O) groups is 1. The summed E-state index contributed by atoms with van der Waals surface area (Å²) < 4.78 is 2.73. The quantitative estimate of drug-likeness (QED) is 0.816. The summed E-state index contributed by atoms with van der Waals surface area (Å²) in [5.74, 6) is 0.896. The molecule has 1 aromatic heterocycles. The number of amides is 1. The lowest BCUT2D eigenvalue weighted by atomic mass is 10.1. The van der Waals surface area contributed by atoms with Crippen molar-refractivity contribution in [2.45, 2.75) is 13.1 Å². The number of benzene rings is 1. The van der Waals surface area contributed by atoms with Crippen LogP contribution in [0.1, 0.15) is 16.2 Å². The number of rotatable bonds is 1. The molecule has 1 amide bonds. The lowest BCUT2D eigenvalue weighted by Crippen LogP contribution is -2.38. The second-order valence-corrected chi connectivity index (χ2v) is 5.27. The van der Waals surface area contributed by atoms with Crippen LogP contribution in [0.3, 0.4) is 0 Å². The van der Waals surface area contributed by atoms with E-state index in [0.717, 1.165) is 12.4 Å². The van der Waals surface area contributed by atoms with Crippen LogP contribution in [0.15, 0.2) is 35.1 Å². The molecule has 0 unspecified atom stereocenters. The molecular formula is C13H13BrN4O. The standard InChI is InChI=1S/C13H13BrN4O/c14-12-9(2-1-3-10(12)15)13(19)18-7-6-17-5-4-16-11(17)8-18/h1-5H,6-8,15H2. The molecule has 0 radical (unpaired) electrons. The van der Waals surface area contributed by atoms with Crippen molar-refractivity contribution in [3.63, 3.8) is 0 Å². The SMILES string of the molecule is Nc1cccc(C(=O)N2CCn3ccnc3C2)c1Br. The van der Waals surface area contributed by atoms with E-state index in [0.29, 0.717) is 28.8 Å². The highest BCUT2D eigenvalue weighted by atomic mass is 79.9. The zero-order valence-electron chi connectivity index (χ0n) is 10.2. The van der Waals surface area contributed by atoms with Crippen LogP contribution in [-0.4, -0.2) is 26.9 Å². The van der Waals surface area contributed by atoms with Gasteiger partial charge in [-0.05, 0) is 28.1 Å². The molecule has 3 rings (SSSR count). The monoisotopic (exact) mass is 320 g/mol. The number of nitrogens with zero attached hydrogens (tertiary/aromatic N) is 3. The Morgan fingerprint density at radius 3 is 3.05 bits per heavy atom. The Hall–Kier alpha value is -1.82. The molecular weight excluding hydrogens is 308 g/mol. The van der Waals surface area contributed by atoms with Gasteiger partial charge in [0.15, 0.2) is 0 Å². The summed E-state index contributed by atoms with van der Waals surface area (Å²) in [6.07, 6.45) is 3.70. The number of carbonyl (C=O) groups excluding carboxylic acids is 1. The Bertz CT molecular complexity index is 637. The summed E-state index contributed by atoms with van der Waals surface area (Å²) in [6, 6.07) is 5.34. The maximum atomic E-state index is 12.5. The molecule has 0 spiro atoms. The third-order valence-electron chi connectivity index (χ3n) is 3.29. The molecule has 0 saturated heterocycles. The van der Waals surface area contributed by atoms with Crippen molar-refractivity contribution in [1.29, 1.82) is 0 Å². The summed E-state index contributed by atoms with van der Waals surface area (Å²) in [6.45, 7) is 2.00. The highest BCUT2D eigenvalue weighted by molar-refractivity contribution is 9.10. The van der Waals surface area contributed by atoms with Crippen LogP contribution in [0.4, 0.5) is 5.69 Å². The number of fused-ring (bicyclic) bond motifs is 1. The number of hydrogen-bond acceptors (Lipinski definition) is 3. The van der Waals surface area contributed by atoms with E-state index in [9.17, 15) is 4.79 Å². The van der Waals surface area contributed by atoms with Gasteiger partial charge in [0, 0.05) is 31.2 Å². The number of anilines is 1. The first-order valence-electron chi connectivity index (χ1n) is 6.00. The van der Waals surface area contributed by atoms with Gasteiger partial charge in [-0.3, -0.25) is 4.79 Å². The second kappa shape index (κ2) is 4.70. The van der Waals surface area contributed by atoms with Crippen LogP contribution in [0.5, 0.6) is 0 Å². The first kappa shape index (κ1) is 12.2. The van der Waals surface area contributed by atoms with Gasteiger partial charge in [0.05, 0.1) is 16.6 Å². The van der Waals surface area contributed by atoms with Gasteiger partial charge >= 0.3 is 0 Å². The van der Waals surface area contributed by atoms with Crippen LogP contribution < -0.4 is 5.73 Å². The van der Waals surface area contributed by atoms with Gasteiger partial charge in [-0.25, -0.2) is 4.98 Å². The molecule has 2 N–H and O–H groups in total. The summed E-state index contributed by atoms with van der Waals surface area (Å²) in [5.41, 5.74) is 6.98. The highest BCUT2D eigenvalue weighted by Gasteiger charge is 2.23. The summed E-state index contributed by atoms with van der Waals surface area (Å²) in [5, 5.41) is 0. The molecule has 2 aromatic rings. The number of aromatic nitrogens is 2. The molecule has 2 heterocycles. The van der Waals surface area contributed by atoms with E-state index >= 15 is 0 Å². The lowest BCUT2D eigenvalue weighted by Gasteiger charge is -2.28. The highest BCUT2D eigenvalue weighted by Crippen LogP contribution is 2.26. The average molecular weight is 321 g/mol. The largest absolute Gasteiger partial charge is 0.398 e. The molecule has 6 heteroatoms. The minimum Gasteiger partial charge on any atom is -0.398 e. The number of imidazole rings is 1. The van der Waals surface area contributed by atoms with Crippen molar-refractivity contribution in [3.05, 3.63) is 46.5 Å². The fraction of sp³-hybridized carbons (Fsp3) is 0.231. The molecule has 5 nitrogen and oxygen atoms in total. The zero-order valence-corrected chi connectivity index (χ0v) is 11.8. The number of hydrogen-bond donors (Lipinski definition) is 1. The third kappa shape index (κ3) is 2.12. The zero-order chi connectivity index (χ0) is 13.4. The second-order valence-electron chi connectivity index (χ2n) is 4.47. The number of halogens is 1. The first-order chi connectivity index (χ1) is 9.16. The first-order valence-corrected chi connectivity index (χ1v) is 6.79. The smallest absolute Gasteiger partial charge is 0.255 e. The maximum absolute atomic E-state index is 12.5. The van der Waals surface area contributed by atoms with Gasteiger partial charge in [0.2, 0.25) is 0 Å². The Balaban J connectivity index is 1.88. The number of nitrogens with two attached hydrogens (primary N) is 1. The van der Waals surface area contributed by atoms with Crippen molar-refractivity contribution in [3.8, 4) is 0 Å². The minimum atomic E-state index is -0.0200. The molecule has 98 valence electrons. The van der Waals surface area contributed by atoms with E-state index in [1.807, 2.05) is 6.20 Å². The molecule has 1 aliphatic rings. The molecule has 1 aromatic carbocycles. The van der Waals surface area contributed by atoms with E-state index in [-0.39, 0.29) is 5.91 Å². The van der Waals surface area contributed by atoms with Crippen LogP contribution >= 0.6 is 15.9 Å². The number of nitrogen functional groups attached to an aromatic ring is 1. The summed E-state index contributed by atoms with van der Waals surface area (Å²) in [4.78, 5) is 18.6. The minimum absolute atomic E-state index is 0.0200. The third-order valence-corrected chi connectivity index (χ3v) is 4.18. The Kier molecular flexibility index (Phi) is 3.02. The van der Waals surface area contributed by atoms with Crippen LogP contribution in [-0.2, 0) is 13.1 Å². The fourth-order valence-electron chi connectivity index (χ4n) is 2.23. The van der Waals surface area contributed by atoms with Gasteiger partial charge < -0.3 is 15.2 Å². The van der Waals surface area contributed by atoms with E-state index in [1.54, 1.807) is 29.3 Å². The summed E-state index contributed by atoms with van der Waals surface area (Å²) in [7, 11) is 0. The van der Waals surface area contributed by atoms with Crippen molar-refractivity contribution in [2.75, 3.05) is 12.3 Å². The van der Waals surface area contributed by atoms with Crippen molar-refractivity contribution in [1.82, 2.24) is 14.5 Å². The molecule has 0 aliphatic carbocycles. The Labute approximate surface area is 119 Å². The molecule has 0 atom stereocenters. The molecule has 0 saturated carbocycles. The molecule has 0 fully saturated rings. The lowest BCUT2D eigenvalue weighted by molar-refractivity contribution is 0.0706. The van der Waals surface area contributed by atoms with Crippen LogP contribution in [0, 0.1) is 0 Å². The molecule has 1 aliphatic heterocycles. The van der Waals surface area contributed by atoms with E-state index in [1.165, 1.54) is 0 Å². The van der Waals surface area contributed by atoms with Gasteiger partial charge in [-0.15, -0.1) is 0 Å². The average Bonchev–Trinajstić information content (AvgIpc) is 2.88. The summed E-state index contributed by atoms with van der Waals surface area (Å²) >= 11 is 3.38. The molecule has 0 bridgehead atoms. The van der Waals surface area contributed by atoms with E-state index < -0.39 is 0 Å². The van der Waals surface area contributed by atoms with E-state index in [2.05, 4.69) is 25.5 Å². The Morgan fingerprint density at radius 2 is 2.21 bits per heavy atom. The van der Waals surface area contributed by atoms with E-state index in [4.69, 9.17) is 5.73 Å². The molecule has 19 heavy (non-hydrogen) atoms. The van der Waals surface area contributed by atoms with Gasteiger partial charge in [0.1, 0.15) is 5.82 Å². The predicted molar refractivity (Wildman–Crippen MR) is 75.5 cm³/mol. The van der Waals surface area contributed by atoms with Gasteiger partial charge in [0.25, 0.3) is 5.91 Å². The predicted octanol–water partition coefficient (Wildman–Crippen LogP) is 1.88. The van der Waals surface area contributed by atoms with Crippen LogP contribution in [0.25, 0.3) is 0 Å². The normalized spacial score (nSPS) is 14.3. The topological polar surface area (TPSA) is 64.2 Å². The maximum Gasteiger partial charge on any atom is 0.255 e. The van der Waals surface area contributed by atoms with Crippen LogP contribution in [0.2, 0.25) is 0 Å². The van der Waals surface area contributed by atoms with Gasteiger partial charge in [-0.1, -0.05) is 6.07 Å². The Morgan fingerprint density at radius 1 is 1.37 bits per heavy atom. The van der Waals surface area contributed by atoms with Crippen molar-refractivity contribution in [2.24, 2.45) is 0 Å². The van der Waals surface area contributed by atoms with Crippen molar-refractivity contribution < 1.29 is 4.79 Å². The van der Waals surface area contributed by atoms with Gasteiger partial charge in [-0.2, -0.15) is 0 Å². The van der Waals surface area contributed by atoms with Crippen molar-refractivity contribution >= 4 is 27.5 Å². The fourth-order valence-corrected chi connectivity index (χ4v) is 2.67.